The van der Waals surface area contributed by atoms with Crippen LogP contribution in [0.2, 0.25) is 0 Å². The maximum atomic E-state index is 2.12. The van der Waals surface area contributed by atoms with Gasteiger partial charge >= 0.3 is 0 Å². The minimum absolute atomic E-state index is 0. The molecule has 0 fully saturated rings. The van der Waals surface area contributed by atoms with Crippen LogP contribution >= 0.6 is 37.2 Å². The number of rotatable bonds is 0. The van der Waals surface area contributed by atoms with Crippen molar-refractivity contribution in [2.75, 3.05) is 0 Å². The molecule has 0 saturated carbocycles. The standard InChI is InChI=1S/C5H6.3ClH.Zr/c1-2-4-5-3-1;;;;/h1-4H,5H2;3*1H;. The predicted molar refractivity (Wildman–Crippen MR) is 44.6 cm³/mol. The van der Waals surface area contributed by atoms with Crippen molar-refractivity contribution in [3.05, 3.63) is 24.3 Å². The van der Waals surface area contributed by atoms with Gasteiger partial charge in [0.15, 0.2) is 0 Å². The van der Waals surface area contributed by atoms with Gasteiger partial charge in [0.1, 0.15) is 0 Å². The van der Waals surface area contributed by atoms with Crippen LogP contribution in [0, 0.1) is 0 Å². The molecule has 0 aromatic heterocycles. The molecule has 0 nitrogen and oxygen atoms in total. The van der Waals surface area contributed by atoms with Gasteiger partial charge in [-0.1, -0.05) is 24.3 Å². The Bertz CT molecular complexity index is 70.3. The Morgan fingerprint density at radius 1 is 0.778 bits per heavy atom. The number of hydrogen-bond acceptors (Lipinski definition) is 0. The number of allylic oxidation sites excluding steroid dienone is 4. The van der Waals surface area contributed by atoms with Crippen LogP contribution in [0.5, 0.6) is 0 Å². The van der Waals surface area contributed by atoms with Crippen LogP contribution in [-0.2, 0) is 26.2 Å². The van der Waals surface area contributed by atoms with Crippen molar-refractivity contribution in [1.82, 2.24) is 0 Å². The number of halogens is 3. The largest absolute Gasteiger partial charge is 0.147 e. The zero-order valence-electron chi connectivity index (χ0n) is 4.74. The first-order chi connectivity index (χ1) is 2.50. The van der Waals surface area contributed by atoms with E-state index < -0.39 is 0 Å². The van der Waals surface area contributed by atoms with Gasteiger partial charge in [0.05, 0.1) is 0 Å². The van der Waals surface area contributed by atoms with Gasteiger partial charge in [-0.3, -0.25) is 0 Å². The Morgan fingerprint density at radius 3 is 1.22 bits per heavy atom. The van der Waals surface area contributed by atoms with Gasteiger partial charge in [-0.25, -0.2) is 0 Å². The molecule has 9 heavy (non-hydrogen) atoms. The molecule has 0 amide bonds. The van der Waals surface area contributed by atoms with Crippen molar-refractivity contribution in [1.29, 1.82) is 0 Å². The summed E-state index contributed by atoms with van der Waals surface area (Å²) >= 11 is 0. The summed E-state index contributed by atoms with van der Waals surface area (Å²) in [7, 11) is 0. The zero-order valence-corrected chi connectivity index (χ0v) is 9.65. The van der Waals surface area contributed by atoms with Crippen LogP contribution in [-0.4, -0.2) is 0 Å². The Kier molecular flexibility index (Phi) is 40.2. The average molecular weight is 267 g/mol. The van der Waals surface area contributed by atoms with Gasteiger partial charge in [-0.2, -0.15) is 0 Å². The predicted octanol–water partition coefficient (Wildman–Crippen LogP) is 2.77. The fourth-order valence-corrected chi connectivity index (χ4v) is 0.393. The molecule has 1 rings (SSSR count). The van der Waals surface area contributed by atoms with Gasteiger partial charge in [-0.05, 0) is 6.42 Å². The summed E-state index contributed by atoms with van der Waals surface area (Å²) in [5, 5.41) is 0. The van der Waals surface area contributed by atoms with E-state index in [4.69, 9.17) is 0 Å². The van der Waals surface area contributed by atoms with E-state index in [1.54, 1.807) is 0 Å². The Labute approximate surface area is 93.5 Å². The van der Waals surface area contributed by atoms with Crippen molar-refractivity contribution in [3.8, 4) is 0 Å². The first kappa shape index (κ1) is 22.5. The molecule has 1 aliphatic rings. The topological polar surface area (TPSA) is 0 Å². The molecule has 0 unspecified atom stereocenters. The first-order valence-electron chi connectivity index (χ1n) is 1.82. The molecule has 0 aliphatic heterocycles. The monoisotopic (exact) mass is 264 g/mol. The van der Waals surface area contributed by atoms with Crippen molar-refractivity contribution >= 4 is 37.2 Å². The number of hydrogen-bond donors (Lipinski definition) is 0. The summed E-state index contributed by atoms with van der Waals surface area (Å²) in [5.41, 5.74) is 0. The van der Waals surface area contributed by atoms with Crippen LogP contribution in [0.15, 0.2) is 24.3 Å². The van der Waals surface area contributed by atoms with Gasteiger partial charge in [0, 0.05) is 26.2 Å². The molecule has 0 saturated heterocycles. The summed E-state index contributed by atoms with van der Waals surface area (Å²) in [6.45, 7) is 0. The second-order valence-corrected chi connectivity index (χ2v) is 1.09. The SMILES string of the molecule is C1=CCC=C1.Cl.Cl.Cl.[Zr]. The van der Waals surface area contributed by atoms with E-state index in [0.717, 1.165) is 6.42 Å². The third-order valence-corrected chi connectivity index (χ3v) is 0.655. The van der Waals surface area contributed by atoms with E-state index in [0.29, 0.717) is 0 Å². The third kappa shape index (κ3) is 12.4. The summed E-state index contributed by atoms with van der Waals surface area (Å²) in [5.74, 6) is 0. The average Bonchev–Trinajstić information content (AvgIpc) is 1.76. The van der Waals surface area contributed by atoms with Crippen LogP contribution in [0.3, 0.4) is 0 Å². The van der Waals surface area contributed by atoms with Crippen molar-refractivity contribution < 1.29 is 26.2 Å². The van der Waals surface area contributed by atoms with Gasteiger partial charge in [-0.15, -0.1) is 37.2 Å². The van der Waals surface area contributed by atoms with Gasteiger partial charge < -0.3 is 0 Å². The minimum Gasteiger partial charge on any atom is -0.147 e. The second-order valence-electron chi connectivity index (χ2n) is 1.09. The summed E-state index contributed by atoms with van der Waals surface area (Å²) in [6, 6.07) is 0. The molecular formula is C5H9Cl3Zr. The molecule has 0 atom stereocenters. The van der Waals surface area contributed by atoms with Crippen molar-refractivity contribution in [2.24, 2.45) is 0 Å². The molecule has 54 valence electrons. The maximum absolute atomic E-state index is 2.12. The Hall–Kier alpha value is 1.23. The molecule has 0 spiro atoms. The van der Waals surface area contributed by atoms with Crippen molar-refractivity contribution in [2.45, 2.75) is 6.42 Å². The molecule has 1 aliphatic carbocycles. The van der Waals surface area contributed by atoms with Gasteiger partial charge in [0.2, 0.25) is 0 Å². The van der Waals surface area contributed by atoms with E-state index in [1.807, 2.05) is 0 Å². The van der Waals surface area contributed by atoms with Crippen LogP contribution in [0.25, 0.3) is 0 Å². The summed E-state index contributed by atoms with van der Waals surface area (Å²) in [6.07, 6.45) is 9.50. The van der Waals surface area contributed by atoms with Crippen LogP contribution < -0.4 is 0 Å². The first-order valence-corrected chi connectivity index (χ1v) is 1.82. The quantitative estimate of drug-likeness (QED) is 0.632. The van der Waals surface area contributed by atoms with E-state index in [9.17, 15) is 0 Å². The summed E-state index contributed by atoms with van der Waals surface area (Å²) < 4.78 is 0. The van der Waals surface area contributed by atoms with Crippen molar-refractivity contribution in [3.63, 3.8) is 0 Å². The molecule has 0 bridgehead atoms. The smallest absolute Gasteiger partial charge is 0 e. The summed E-state index contributed by atoms with van der Waals surface area (Å²) in [4.78, 5) is 0. The normalized spacial score (nSPS) is 9.78. The van der Waals surface area contributed by atoms with E-state index >= 15 is 0 Å². The van der Waals surface area contributed by atoms with Crippen LogP contribution in [0.4, 0.5) is 0 Å². The molecule has 0 heterocycles. The zero-order chi connectivity index (χ0) is 3.54. The maximum Gasteiger partial charge on any atom is 0 e. The minimum atomic E-state index is 0. The molecule has 0 radical (unpaired) electrons. The molecule has 4 heteroatoms. The molecule has 0 aromatic carbocycles. The Balaban J connectivity index is -0.0000000312. The Morgan fingerprint density at radius 2 is 1.11 bits per heavy atom. The van der Waals surface area contributed by atoms with E-state index in [1.165, 1.54) is 0 Å². The van der Waals surface area contributed by atoms with E-state index in [-0.39, 0.29) is 63.4 Å². The fraction of sp³-hybridized carbons (Fsp3) is 0.200. The second kappa shape index (κ2) is 16.1. The fourth-order valence-electron chi connectivity index (χ4n) is 0.393. The molecule has 0 aromatic rings. The van der Waals surface area contributed by atoms with Crippen LogP contribution in [0.1, 0.15) is 6.42 Å². The van der Waals surface area contributed by atoms with Gasteiger partial charge in [0.25, 0.3) is 0 Å². The third-order valence-electron chi connectivity index (χ3n) is 0.655. The van der Waals surface area contributed by atoms with E-state index in [2.05, 4.69) is 24.3 Å². The molecular weight excluding hydrogens is 258 g/mol. The molecule has 0 N–H and O–H groups in total.